The van der Waals surface area contributed by atoms with Gasteiger partial charge in [-0.15, -0.1) is 0 Å². The lowest BCUT2D eigenvalue weighted by Gasteiger charge is -2.21. The highest BCUT2D eigenvalue weighted by molar-refractivity contribution is 6.04. The van der Waals surface area contributed by atoms with E-state index in [1.165, 1.54) is 43.8 Å². The molecule has 0 aliphatic heterocycles. The van der Waals surface area contributed by atoms with Crippen molar-refractivity contribution in [3.63, 3.8) is 0 Å². The molecule has 21 heavy (non-hydrogen) atoms. The maximum absolute atomic E-state index is 2.36. The molecular formula is C21H14. The summed E-state index contributed by atoms with van der Waals surface area (Å²) in [4.78, 5) is 0. The number of hydrogen-bond acceptors (Lipinski definition) is 0. The van der Waals surface area contributed by atoms with Gasteiger partial charge in [-0.05, 0) is 56.3 Å². The second-order valence-electron chi connectivity index (χ2n) is 5.85. The van der Waals surface area contributed by atoms with Crippen molar-refractivity contribution in [2.24, 2.45) is 0 Å². The lowest BCUT2D eigenvalue weighted by atomic mass is 9.82. The molecule has 0 atom stereocenters. The molecule has 4 aromatic carbocycles. The van der Waals surface area contributed by atoms with Crippen molar-refractivity contribution < 1.29 is 0 Å². The average molecular weight is 266 g/mol. The van der Waals surface area contributed by atoms with Gasteiger partial charge < -0.3 is 0 Å². The average Bonchev–Trinajstić information content (AvgIpc) is 2.54. The van der Waals surface area contributed by atoms with Crippen molar-refractivity contribution in [2.45, 2.75) is 6.42 Å². The van der Waals surface area contributed by atoms with E-state index in [4.69, 9.17) is 0 Å². The first-order valence-electron chi connectivity index (χ1n) is 7.43. The van der Waals surface area contributed by atoms with Crippen molar-refractivity contribution in [1.29, 1.82) is 0 Å². The Morgan fingerprint density at radius 3 is 2.10 bits per heavy atom. The molecule has 0 saturated heterocycles. The van der Waals surface area contributed by atoms with E-state index in [1.807, 2.05) is 0 Å². The van der Waals surface area contributed by atoms with Crippen LogP contribution in [0.2, 0.25) is 0 Å². The summed E-state index contributed by atoms with van der Waals surface area (Å²) in [5.41, 5.74) is 5.68. The fourth-order valence-corrected chi connectivity index (χ4v) is 3.68. The van der Waals surface area contributed by atoms with Crippen molar-refractivity contribution in [3.8, 4) is 11.1 Å². The topological polar surface area (TPSA) is 0 Å². The third-order valence-corrected chi connectivity index (χ3v) is 4.63. The smallest absolute Gasteiger partial charge is 0.00130 e. The molecule has 0 spiro atoms. The van der Waals surface area contributed by atoms with Gasteiger partial charge in [0.15, 0.2) is 0 Å². The molecule has 0 unspecified atom stereocenters. The fraction of sp³-hybridized carbons (Fsp3) is 0.0476. The first-order valence-corrected chi connectivity index (χ1v) is 7.43. The molecule has 0 bridgehead atoms. The molecule has 0 amide bonds. The largest absolute Gasteiger partial charge is 0.0616 e. The zero-order valence-corrected chi connectivity index (χ0v) is 11.6. The van der Waals surface area contributed by atoms with E-state index in [9.17, 15) is 0 Å². The maximum Gasteiger partial charge on any atom is -0.00130 e. The zero-order valence-electron chi connectivity index (χ0n) is 11.6. The number of hydrogen-bond donors (Lipinski definition) is 0. The van der Waals surface area contributed by atoms with Crippen molar-refractivity contribution in [2.75, 3.05) is 0 Å². The molecule has 0 radical (unpaired) electrons. The van der Waals surface area contributed by atoms with Gasteiger partial charge >= 0.3 is 0 Å². The SMILES string of the molecule is c1ccc2cc3c(cc2c1)Cc1cccc2cccc-3c12. The lowest BCUT2D eigenvalue weighted by Crippen LogP contribution is -2.01. The van der Waals surface area contributed by atoms with Crippen LogP contribution in [0.3, 0.4) is 0 Å². The highest BCUT2D eigenvalue weighted by Gasteiger charge is 2.18. The van der Waals surface area contributed by atoms with Crippen LogP contribution in [0.4, 0.5) is 0 Å². The van der Waals surface area contributed by atoms with Gasteiger partial charge in [0, 0.05) is 0 Å². The molecule has 0 saturated carbocycles. The second kappa shape index (κ2) is 3.95. The number of fused-ring (bicyclic) bond motifs is 3. The molecule has 0 nitrogen and oxygen atoms in total. The van der Waals surface area contributed by atoms with Crippen LogP contribution in [0.5, 0.6) is 0 Å². The molecule has 0 heteroatoms. The van der Waals surface area contributed by atoms with Crippen LogP contribution in [0.25, 0.3) is 32.7 Å². The van der Waals surface area contributed by atoms with Crippen LogP contribution >= 0.6 is 0 Å². The Hall–Kier alpha value is -2.60. The minimum absolute atomic E-state index is 1.04. The Bertz CT molecular complexity index is 1000. The number of rotatable bonds is 0. The monoisotopic (exact) mass is 266 g/mol. The van der Waals surface area contributed by atoms with E-state index in [0.717, 1.165) is 6.42 Å². The molecule has 0 aromatic heterocycles. The summed E-state index contributed by atoms with van der Waals surface area (Å²) in [6, 6.07) is 26.7. The first kappa shape index (κ1) is 11.1. The van der Waals surface area contributed by atoms with Gasteiger partial charge in [-0.2, -0.15) is 0 Å². The first-order chi connectivity index (χ1) is 10.4. The Kier molecular flexibility index (Phi) is 2.09. The molecule has 98 valence electrons. The molecule has 1 aliphatic carbocycles. The van der Waals surface area contributed by atoms with Gasteiger partial charge in [0.05, 0.1) is 0 Å². The Morgan fingerprint density at radius 2 is 1.24 bits per heavy atom. The molecule has 0 N–H and O–H groups in total. The standard InChI is InChI=1S/C21H14/c1-2-6-16-13-20-18(11-15(16)5-1)12-17-9-3-7-14-8-4-10-19(20)21(14)17/h1-11,13H,12H2. The molecule has 4 aromatic rings. The van der Waals surface area contributed by atoms with Crippen LogP contribution in [-0.2, 0) is 6.42 Å². The predicted molar refractivity (Wildman–Crippen MR) is 89.7 cm³/mol. The lowest BCUT2D eigenvalue weighted by molar-refractivity contribution is 1.21. The van der Waals surface area contributed by atoms with Crippen molar-refractivity contribution in [1.82, 2.24) is 0 Å². The Balaban J connectivity index is 1.95. The van der Waals surface area contributed by atoms with Crippen LogP contribution in [0, 0.1) is 0 Å². The molecule has 5 rings (SSSR count). The summed E-state index contributed by atoms with van der Waals surface area (Å²) in [5.74, 6) is 0. The van der Waals surface area contributed by atoms with E-state index in [2.05, 4.69) is 72.8 Å². The van der Waals surface area contributed by atoms with Crippen LogP contribution in [0.15, 0.2) is 72.8 Å². The van der Waals surface area contributed by atoms with E-state index in [-0.39, 0.29) is 0 Å². The molecular weight excluding hydrogens is 252 g/mol. The van der Waals surface area contributed by atoms with Gasteiger partial charge in [0.25, 0.3) is 0 Å². The fourth-order valence-electron chi connectivity index (χ4n) is 3.68. The van der Waals surface area contributed by atoms with Crippen molar-refractivity contribution in [3.05, 3.63) is 83.9 Å². The van der Waals surface area contributed by atoms with E-state index in [0.29, 0.717) is 0 Å². The van der Waals surface area contributed by atoms with E-state index < -0.39 is 0 Å². The van der Waals surface area contributed by atoms with Gasteiger partial charge in [-0.25, -0.2) is 0 Å². The van der Waals surface area contributed by atoms with Crippen molar-refractivity contribution >= 4 is 21.5 Å². The molecule has 0 heterocycles. The van der Waals surface area contributed by atoms with Crippen LogP contribution < -0.4 is 0 Å². The summed E-state index contributed by atoms with van der Waals surface area (Å²) in [6.45, 7) is 0. The molecule has 1 aliphatic rings. The maximum atomic E-state index is 2.36. The summed E-state index contributed by atoms with van der Waals surface area (Å²) in [5, 5.41) is 5.45. The summed E-state index contributed by atoms with van der Waals surface area (Å²) < 4.78 is 0. The number of benzene rings is 4. The van der Waals surface area contributed by atoms with Crippen LogP contribution in [-0.4, -0.2) is 0 Å². The van der Waals surface area contributed by atoms with Gasteiger partial charge in [0.1, 0.15) is 0 Å². The Morgan fingerprint density at radius 1 is 0.524 bits per heavy atom. The normalized spacial score (nSPS) is 12.6. The van der Waals surface area contributed by atoms with Crippen LogP contribution in [0.1, 0.15) is 11.1 Å². The van der Waals surface area contributed by atoms with Gasteiger partial charge in [-0.3, -0.25) is 0 Å². The minimum Gasteiger partial charge on any atom is -0.0616 e. The quantitative estimate of drug-likeness (QED) is 0.344. The third kappa shape index (κ3) is 1.50. The predicted octanol–water partition coefficient (Wildman–Crippen LogP) is 5.56. The summed E-state index contributed by atoms with van der Waals surface area (Å²) in [7, 11) is 0. The van der Waals surface area contributed by atoms with E-state index >= 15 is 0 Å². The van der Waals surface area contributed by atoms with Gasteiger partial charge in [-0.1, -0.05) is 66.7 Å². The van der Waals surface area contributed by atoms with Gasteiger partial charge in [0.2, 0.25) is 0 Å². The summed E-state index contributed by atoms with van der Waals surface area (Å²) in [6.07, 6.45) is 1.04. The summed E-state index contributed by atoms with van der Waals surface area (Å²) >= 11 is 0. The highest BCUT2D eigenvalue weighted by atomic mass is 14.2. The minimum atomic E-state index is 1.04. The Labute approximate surface area is 123 Å². The molecule has 0 fully saturated rings. The highest BCUT2D eigenvalue weighted by Crippen LogP contribution is 2.40. The third-order valence-electron chi connectivity index (χ3n) is 4.63. The second-order valence-corrected chi connectivity index (χ2v) is 5.85. The zero-order chi connectivity index (χ0) is 13.8. The van der Waals surface area contributed by atoms with E-state index in [1.54, 1.807) is 0 Å².